The van der Waals surface area contributed by atoms with Crippen molar-refractivity contribution in [3.63, 3.8) is 0 Å². The largest absolute Gasteiger partial charge is 0.426 e. The van der Waals surface area contributed by atoms with E-state index in [2.05, 4.69) is 6.58 Å². The molecule has 0 radical (unpaired) electrons. The Morgan fingerprint density at radius 1 is 1.57 bits per heavy atom. The maximum Gasteiger partial charge on any atom is 0.308 e. The number of esters is 1. The lowest BCUT2D eigenvalue weighted by molar-refractivity contribution is -0.131. The zero-order chi connectivity index (χ0) is 10.6. The van der Waals surface area contributed by atoms with E-state index in [1.807, 2.05) is 25.1 Å². The fraction of sp³-hybridized carbons (Fsp3) is 0.250. The molecule has 1 rings (SSSR count). The van der Waals surface area contributed by atoms with E-state index in [1.54, 1.807) is 6.08 Å². The van der Waals surface area contributed by atoms with E-state index >= 15 is 0 Å². The fourth-order valence-electron chi connectivity index (χ4n) is 1.32. The molecule has 0 spiro atoms. The van der Waals surface area contributed by atoms with E-state index in [4.69, 9.17) is 4.74 Å². The van der Waals surface area contributed by atoms with E-state index in [0.717, 1.165) is 11.1 Å². The molecule has 0 N–H and O–H groups in total. The predicted octanol–water partition coefficient (Wildman–Crippen LogP) is 2.65. The molecule has 0 aliphatic carbocycles. The lowest BCUT2D eigenvalue weighted by atomic mass is 10.1. The minimum absolute atomic E-state index is 0.287. The Morgan fingerprint density at radius 3 is 2.86 bits per heavy atom. The number of benzene rings is 1. The van der Waals surface area contributed by atoms with E-state index < -0.39 is 0 Å². The molecule has 0 saturated heterocycles. The first-order valence-electron chi connectivity index (χ1n) is 4.53. The molecule has 0 unspecified atom stereocenters. The first-order valence-corrected chi connectivity index (χ1v) is 4.53. The van der Waals surface area contributed by atoms with Crippen LogP contribution in [0.15, 0.2) is 30.9 Å². The summed E-state index contributed by atoms with van der Waals surface area (Å²) >= 11 is 0. The van der Waals surface area contributed by atoms with Crippen molar-refractivity contribution in [2.45, 2.75) is 20.3 Å². The van der Waals surface area contributed by atoms with Crippen molar-refractivity contribution in [1.82, 2.24) is 0 Å². The van der Waals surface area contributed by atoms with Crippen LogP contribution in [-0.2, 0) is 11.2 Å². The highest BCUT2D eigenvalue weighted by molar-refractivity contribution is 5.70. The molecule has 2 heteroatoms. The Kier molecular flexibility index (Phi) is 3.46. The molecule has 2 nitrogen and oxygen atoms in total. The molecule has 0 saturated carbocycles. The standard InChI is InChI=1S/C12H14O2/c1-4-6-11-8-5-7-9(2)12(11)14-10(3)13/h4-5,7-8H,1,6H2,2-3H3. The summed E-state index contributed by atoms with van der Waals surface area (Å²) in [6.45, 7) is 6.99. The topological polar surface area (TPSA) is 26.3 Å². The van der Waals surface area contributed by atoms with E-state index in [-0.39, 0.29) is 5.97 Å². The van der Waals surface area contributed by atoms with Crippen molar-refractivity contribution in [2.24, 2.45) is 0 Å². The monoisotopic (exact) mass is 190 g/mol. The van der Waals surface area contributed by atoms with Crippen LogP contribution in [0.3, 0.4) is 0 Å². The summed E-state index contributed by atoms with van der Waals surface area (Å²) < 4.78 is 5.14. The second-order valence-corrected chi connectivity index (χ2v) is 3.15. The highest BCUT2D eigenvalue weighted by atomic mass is 16.5. The molecule has 74 valence electrons. The third-order valence-corrected chi connectivity index (χ3v) is 1.90. The summed E-state index contributed by atoms with van der Waals surface area (Å²) in [7, 11) is 0. The number of carbonyl (C=O) groups is 1. The van der Waals surface area contributed by atoms with Crippen molar-refractivity contribution in [3.05, 3.63) is 42.0 Å². The third kappa shape index (κ3) is 2.46. The second kappa shape index (κ2) is 4.61. The van der Waals surface area contributed by atoms with Gasteiger partial charge in [-0.1, -0.05) is 24.3 Å². The summed E-state index contributed by atoms with van der Waals surface area (Å²) in [6, 6.07) is 5.80. The molecule has 0 fully saturated rings. The first-order chi connectivity index (χ1) is 6.65. The summed E-state index contributed by atoms with van der Waals surface area (Å²) in [5.74, 6) is 0.379. The third-order valence-electron chi connectivity index (χ3n) is 1.90. The predicted molar refractivity (Wildman–Crippen MR) is 56.4 cm³/mol. The zero-order valence-electron chi connectivity index (χ0n) is 8.54. The molecule has 0 atom stereocenters. The SMILES string of the molecule is C=CCc1cccc(C)c1OC(C)=O. The molecule has 0 aliphatic rings. The summed E-state index contributed by atoms with van der Waals surface area (Å²) in [4.78, 5) is 10.9. The quantitative estimate of drug-likeness (QED) is 0.416. The lowest BCUT2D eigenvalue weighted by Gasteiger charge is -2.09. The molecule has 0 bridgehead atoms. The number of allylic oxidation sites excluding steroid dienone is 1. The number of ether oxygens (including phenoxy) is 1. The van der Waals surface area contributed by atoms with Crippen LogP contribution in [0.5, 0.6) is 5.75 Å². The summed E-state index contributed by atoms with van der Waals surface area (Å²) in [6.07, 6.45) is 2.51. The Morgan fingerprint density at radius 2 is 2.29 bits per heavy atom. The van der Waals surface area contributed by atoms with Crippen molar-refractivity contribution in [3.8, 4) is 5.75 Å². The number of para-hydroxylation sites is 1. The van der Waals surface area contributed by atoms with Gasteiger partial charge in [0, 0.05) is 6.92 Å². The zero-order valence-corrected chi connectivity index (χ0v) is 8.54. The maximum absolute atomic E-state index is 10.9. The number of aryl methyl sites for hydroxylation is 1. The average Bonchev–Trinajstić information content (AvgIpc) is 2.11. The molecule has 0 aliphatic heterocycles. The van der Waals surface area contributed by atoms with Crippen LogP contribution in [0.4, 0.5) is 0 Å². The summed E-state index contributed by atoms with van der Waals surface area (Å²) in [5, 5.41) is 0. The van der Waals surface area contributed by atoms with Gasteiger partial charge in [-0.15, -0.1) is 6.58 Å². The minimum Gasteiger partial charge on any atom is -0.426 e. The van der Waals surface area contributed by atoms with Crippen LogP contribution in [0, 0.1) is 6.92 Å². The van der Waals surface area contributed by atoms with Gasteiger partial charge in [-0.05, 0) is 24.5 Å². The van der Waals surface area contributed by atoms with Crippen molar-refractivity contribution >= 4 is 5.97 Å². The molecule has 1 aromatic carbocycles. The van der Waals surface area contributed by atoms with Gasteiger partial charge in [0.25, 0.3) is 0 Å². The smallest absolute Gasteiger partial charge is 0.308 e. The Labute approximate surface area is 84.2 Å². The van der Waals surface area contributed by atoms with Crippen LogP contribution in [0.2, 0.25) is 0 Å². The molecule has 0 amide bonds. The van der Waals surface area contributed by atoms with Gasteiger partial charge in [-0.2, -0.15) is 0 Å². The van der Waals surface area contributed by atoms with Gasteiger partial charge in [0.1, 0.15) is 5.75 Å². The van der Waals surface area contributed by atoms with Gasteiger partial charge >= 0.3 is 5.97 Å². The van der Waals surface area contributed by atoms with Crippen LogP contribution in [0.25, 0.3) is 0 Å². The number of rotatable bonds is 3. The van der Waals surface area contributed by atoms with Crippen LogP contribution in [0.1, 0.15) is 18.1 Å². The normalized spacial score (nSPS) is 9.57. The lowest BCUT2D eigenvalue weighted by Crippen LogP contribution is -2.05. The van der Waals surface area contributed by atoms with Gasteiger partial charge in [-0.25, -0.2) is 0 Å². The molecular weight excluding hydrogens is 176 g/mol. The Bertz CT molecular complexity index is 353. The summed E-state index contributed by atoms with van der Waals surface area (Å²) in [5.41, 5.74) is 1.97. The Hall–Kier alpha value is -1.57. The fourth-order valence-corrected chi connectivity index (χ4v) is 1.32. The Balaban J connectivity index is 3.07. The van der Waals surface area contributed by atoms with Gasteiger partial charge in [0.15, 0.2) is 0 Å². The first kappa shape index (κ1) is 10.5. The second-order valence-electron chi connectivity index (χ2n) is 3.15. The van der Waals surface area contributed by atoms with E-state index in [9.17, 15) is 4.79 Å². The van der Waals surface area contributed by atoms with Gasteiger partial charge < -0.3 is 4.74 Å². The molecule has 0 heterocycles. The molecular formula is C12H14O2. The van der Waals surface area contributed by atoms with Crippen molar-refractivity contribution in [2.75, 3.05) is 0 Å². The average molecular weight is 190 g/mol. The molecule has 14 heavy (non-hydrogen) atoms. The number of hydrogen-bond acceptors (Lipinski definition) is 2. The highest BCUT2D eigenvalue weighted by Crippen LogP contribution is 2.24. The van der Waals surface area contributed by atoms with Crippen molar-refractivity contribution < 1.29 is 9.53 Å². The van der Waals surface area contributed by atoms with E-state index in [0.29, 0.717) is 12.2 Å². The molecule has 0 aromatic heterocycles. The van der Waals surface area contributed by atoms with Crippen LogP contribution >= 0.6 is 0 Å². The van der Waals surface area contributed by atoms with Gasteiger partial charge in [-0.3, -0.25) is 4.79 Å². The minimum atomic E-state index is -0.287. The van der Waals surface area contributed by atoms with Gasteiger partial charge in [0.05, 0.1) is 0 Å². The number of hydrogen-bond donors (Lipinski definition) is 0. The molecule has 1 aromatic rings. The maximum atomic E-state index is 10.9. The van der Waals surface area contributed by atoms with Gasteiger partial charge in [0.2, 0.25) is 0 Å². The van der Waals surface area contributed by atoms with Crippen LogP contribution in [-0.4, -0.2) is 5.97 Å². The van der Waals surface area contributed by atoms with Crippen molar-refractivity contribution in [1.29, 1.82) is 0 Å². The number of carbonyl (C=O) groups excluding carboxylic acids is 1. The van der Waals surface area contributed by atoms with E-state index in [1.165, 1.54) is 6.92 Å². The van der Waals surface area contributed by atoms with Crippen LogP contribution < -0.4 is 4.74 Å². The highest BCUT2D eigenvalue weighted by Gasteiger charge is 2.07.